The first kappa shape index (κ1) is 18.8. The molecule has 0 bridgehead atoms. The maximum atomic E-state index is 12.5. The number of anilines is 1. The van der Waals surface area contributed by atoms with E-state index in [1.807, 2.05) is 0 Å². The SMILES string of the molecule is CCOC(=O)Nc1nc2c(s1)CN(C(=O)CCn1ccc(=O)[nH]c1=O)CC2. The lowest BCUT2D eigenvalue weighted by molar-refractivity contribution is -0.132. The average Bonchev–Trinajstić information content (AvgIpc) is 3.02. The molecule has 10 nitrogen and oxygen atoms in total. The number of amides is 2. The number of carbonyl (C=O) groups excluding carboxylic acids is 2. The van der Waals surface area contributed by atoms with Crippen molar-refractivity contribution in [2.75, 3.05) is 18.5 Å². The van der Waals surface area contributed by atoms with Gasteiger partial charge < -0.3 is 14.2 Å². The second-order valence-electron chi connectivity index (χ2n) is 5.85. The van der Waals surface area contributed by atoms with E-state index in [1.165, 1.54) is 28.2 Å². The number of aromatic nitrogens is 3. The van der Waals surface area contributed by atoms with Gasteiger partial charge in [0, 0.05) is 43.1 Å². The molecule has 0 saturated heterocycles. The quantitative estimate of drug-likeness (QED) is 0.763. The zero-order valence-electron chi connectivity index (χ0n) is 14.7. The van der Waals surface area contributed by atoms with Crippen LogP contribution in [0.15, 0.2) is 21.9 Å². The highest BCUT2D eigenvalue weighted by Gasteiger charge is 2.24. The molecule has 2 aromatic rings. The van der Waals surface area contributed by atoms with Crippen LogP contribution in [0.1, 0.15) is 23.9 Å². The smallest absolute Gasteiger partial charge is 0.413 e. The third kappa shape index (κ3) is 4.61. The van der Waals surface area contributed by atoms with Crippen LogP contribution in [0.2, 0.25) is 0 Å². The van der Waals surface area contributed by atoms with Crippen LogP contribution in [-0.4, -0.2) is 44.6 Å². The Labute approximate surface area is 157 Å². The van der Waals surface area contributed by atoms with Gasteiger partial charge in [-0.2, -0.15) is 0 Å². The average molecular weight is 393 g/mol. The van der Waals surface area contributed by atoms with Gasteiger partial charge in [0.2, 0.25) is 5.91 Å². The van der Waals surface area contributed by atoms with Gasteiger partial charge in [-0.25, -0.2) is 14.6 Å². The summed E-state index contributed by atoms with van der Waals surface area (Å²) < 4.78 is 6.12. The molecule has 0 spiro atoms. The molecule has 2 amide bonds. The molecule has 0 aliphatic carbocycles. The highest BCUT2D eigenvalue weighted by atomic mass is 32.1. The number of hydrogen-bond acceptors (Lipinski definition) is 7. The first-order valence-electron chi connectivity index (χ1n) is 8.46. The predicted molar refractivity (Wildman–Crippen MR) is 97.8 cm³/mol. The third-order valence-electron chi connectivity index (χ3n) is 4.03. The molecule has 27 heavy (non-hydrogen) atoms. The number of hydrogen-bond donors (Lipinski definition) is 2. The Morgan fingerprint density at radius 2 is 2.22 bits per heavy atom. The second-order valence-corrected chi connectivity index (χ2v) is 6.94. The van der Waals surface area contributed by atoms with E-state index in [1.54, 1.807) is 11.8 Å². The molecule has 0 unspecified atom stereocenters. The molecule has 2 aromatic heterocycles. The van der Waals surface area contributed by atoms with Crippen molar-refractivity contribution >= 4 is 28.5 Å². The Morgan fingerprint density at radius 3 is 2.96 bits per heavy atom. The fourth-order valence-electron chi connectivity index (χ4n) is 2.71. The first-order chi connectivity index (χ1) is 13.0. The van der Waals surface area contributed by atoms with Crippen LogP contribution in [0, 0.1) is 0 Å². The van der Waals surface area contributed by atoms with Crippen LogP contribution in [-0.2, 0) is 29.0 Å². The molecule has 0 atom stereocenters. The molecule has 3 rings (SSSR count). The van der Waals surface area contributed by atoms with Gasteiger partial charge in [-0.3, -0.25) is 19.9 Å². The summed E-state index contributed by atoms with van der Waals surface area (Å²) in [5, 5.41) is 3.03. The van der Waals surface area contributed by atoms with Gasteiger partial charge in [-0.1, -0.05) is 11.3 Å². The van der Waals surface area contributed by atoms with E-state index >= 15 is 0 Å². The highest BCUT2D eigenvalue weighted by Crippen LogP contribution is 2.28. The van der Waals surface area contributed by atoms with Crippen LogP contribution < -0.4 is 16.6 Å². The summed E-state index contributed by atoms with van der Waals surface area (Å²) in [7, 11) is 0. The molecule has 1 aliphatic heterocycles. The Bertz CT molecular complexity index is 963. The number of nitrogens with zero attached hydrogens (tertiary/aromatic N) is 3. The number of rotatable bonds is 5. The number of nitrogens with one attached hydrogen (secondary N) is 2. The molecular formula is C16H19N5O5S. The lowest BCUT2D eigenvalue weighted by Crippen LogP contribution is -2.37. The Morgan fingerprint density at radius 1 is 1.41 bits per heavy atom. The van der Waals surface area contributed by atoms with Crippen molar-refractivity contribution in [2.24, 2.45) is 0 Å². The van der Waals surface area contributed by atoms with Crippen LogP contribution >= 0.6 is 11.3 Å². The monoisotopic (exact) mass is 393 g/mol. The zero-order valence-corrected chi connectivity index (χ0v) is 15.5. The van der Waals surface area contributed by atoms with E-state index in [0.29, 0.717) is 24.6 Å². The minimum Gasteiger partial charge on any atom is -0.450 e. The Balaban J connectivity index is 1.59. The fourth-order valence-corrected chi connectivity index (χ4v) is 3.72. The largest absolute Gasteiger partial charge is 0.450 e. The van der Waals surface area contributed by atoms with Crippen molar-refractivity contribution in [1.82, 2.24) is 19.4 Å². The van der Waals surface area contributed by atoms with E-state index < -0.39 is 17.3 Å². The van der Waals surface area contributed by atoms with Crippen molar-refractivity contribution < 1.29 is 14.3 Å². The molecule has 1 aliphatic rings. The number of H-pyrrole nitrogens is 1. The first-order valence-corrected chi connectivity index (χ1v) is 9.28. The van der Waals surface area contributed by atoms with Crippen LogP contribution in [0.25, 0.3) is 0 Å². The minimum atomic E-state index is -0.553. The molecule has 0 saturated carbocycles. The van der Waals surface area contributed by atoms with Crippen LogP contribution in [0.5, 0.6) is 0 Å². The van der Waals surface area contributed by atoms with E-state index in [0.717, 1.165) is 10.6 Å². The van der Waals surface area contributed by atoms with E-state index in [4.69, 9.17) is 4.74 Å². The normalized spacial score (nSPS) is 13.1. The van der Waals surface area contributed by atoms with Gasteiger partial charge in [0.05, 0.1) is 18.8 Å². The minimum absolute atomic E-state index is 0.0907. The molecular weight excluding hydrogens is 374 g/mol. The van der Waals surface area contributed by atoms with Crippen molar-refractivity contribution in [3.8, 4) is 0 Å². The molecule has 0 aromatic carbocycles. The van der Waals surface area contributed by atoms with Crippen LogP contribution in [0.3, 0.4) is 0 Å². The summed E-state index contributed by atoms with van der Waals surface area (Å²) in [5.74, 6) is -0.0907. The number of aromatic amines is 1. The number of thiazole rings is 1. The van der Waals surface area contributed by atoms with Crippen molar-refractivity contribution in [3.05, 3.63) is 43.7 Å². The number of aryl methyl sites for hydroxylation is 1. The van der Waals surface area contributed by atoms with Gasteiger partial charge in [0.1, 0.15) is 0 Å². The van der Waals surface area contributed by atoms with Gasteiger partial charge in [-0.15, -0.1) is 0 Å². The number of fused-ring (bicyclic) bond motifs is 1. The fraction of sp³-hybridized carbons (Fsp3) is 0.438. The van der Waals surface area contributed by atoms with Crippen molar-refractivity contribution in [1.29, 1.82) is 0 Å². The summed E-state index contributed by atoms with van der Waals surface area (Å²) in [6.07, 6.45) is 1.57. The lowest BCUT2D eigenvalue weighted by Gasteiger charge is -2.26. The van der Waals surface area contributed by atoms with Gasteiger partial charge in [-0.05, 0) is 6.92 Å². The molecule has 0 radical (unpaired) electrons. The van der Waals surface area contributed by atoms with Gasteiger partial charge in [0.25, 0.3) is 5.56 Å². The van der Waals surface area contributed by atoms with Gasteiger partial charge in [0.15, 0.2) is 5.13 Å². The Hall–Kier alpha value is -2.95. The predicted octanol–water partition coefficient (Wildman–Crippen LogP) is 0.536. The number of ether oxygens (including phenoxy) is 1. The molecule has 144 valence electrons. The summed E-state index contributed by atoms with van der Waals surface area (Å²) in [6.45, 7) is 3.12. The summed E-state index contributed by atoms with van der Waals surface area (Å²) in [4.78, 5) is 55.8. The zero-order chi connectivity index (χ0) is 19.4. The summed E-state index contributed by atoms with van der Waals surface area (Å²) in [5.41, 5.74) is -0.135. The topological polar surface area (TPSA) is 126 Å². The third-order valence-corrected chi connectivity index (χ3v) is 5.03. The molecule has 3 heterocycles. The Kier molecular flexibility index (Phi) is 5.69. The molecule has 0 fully saturated rings. The molecule has 2 N–H and O–H groups in total. The highest BCUT2D eigenvalue weighted by molar-refractivity contribution is 7.15. The standard InChI is InChI=1S/C16H19N5O5S/c1-2-26-16(25)19-14-17-10-3-6-21(9-11(10)27-14)13(23)5-8-20-7-4-12(22)18-15(20)24/h4,7H,2-3,5-6,8-9H2,1H3,(H,17,19,25)(H,18,22,24). The summed E-state index contributed by atoms with van der Waals surface area (Å²) >= 11 is 1.32. The van der Waals surface area contributed by atoms with Crippen LogP contribution in [0.4, 0.5) is 9.93 Å². The molecule has 11 heteroatoms. The lowest BCUT2D eigenvalue weighted by atomic mass is 10.1. The second kappa shape index (κ2) is 8.16. The van der Waals surface area contributed by atoms with Crippen molar-refractivity contribution in [2.45, 2.75) is 32.9 Å². The van der Waals surface area contributed by atoms with E-state index in [2.05, 4.69) is 15.3 Å². The van der Waals surface area contributed by atoms with E-state index in [9.17, 15) is 19.2 Å². The number of carbonyl (C=O) groups is 2. The van der Waals surface area contributed by atoms with Gasteiger partial charge >= 0.3 is 11.8 Å². The van der Waals surface area contributed by atoms with E-state index in [-0.39, 0.29) is 25.5 Å². The maximum absolute atomic E-state index is 12.5. The maximum Gasteiger partial charge on any atom is 0.413 e. The summed E-state index contributed by atoms with van der Waals surface area (Å²) in [6, 6.07) is 1.24. The van der Waals surface area contributed by atoms with Crippen molar-refractivity contribution in [3.63, 3.8) is 0 Å².